The SMILES string of the molecule is CCC(CC(C)[O][Cu][O]C(C)CC(CC)NC)NC. The summed E-state index contributed by atoms with van der Waals surface area (Å²) in [6, 6.07) is 1.03. The maximum absolute atomic E-state index is 5.62. The summed E-state index contributed by atoms with van der Waals surface area (Å²) < 4.78 is 11.2. The number of hydrogen-bond acceptors (Lipinski definition) is 4. The normalized spacial score (nSPS) is 18.2. The van der Waals surface area contributed by atoms with Crippen LogP contribution in [0.25, 0.3) is 0 Å². The summed E-state index contributed by atoms with van der Waals surface area (Å²) in [5, 5.41) is 6.57. The first-order valence-corrected chi connectivity index (χ1v) is 8.08. The molecule has 0 heterocycles. The van der Waals surface area contributed by atoms with Gasteiger partial charge in [-0.25, -0.2) is 0 Å². The van der Waals surface area contributed by atoms with E-state index >= 15 is 0 Å². The van der Waals surface area contributed by atoms with Gasteiger partial charge >= 0.3 is 126 Å². The van der Waals surface area contributed by atoms with E-state index in [0.717, 1.165) is 25.7 Å². The second-order valence-corrected chi connectivity index (χ2v) is 5.67. The van der Waals surface area contributed by atoms with Crippen LogP contribution in [0.3, 0.4) is 0 Å². The Morgan fingerprint density at radius 1 is 0.842 bits per heavy atom. The first-order chi connectivity index (χ1) is 9.07. The average Bonchev–Trinajstić information content (AvgIpc) is 2.42. The van der Waals surface area contributed by atoms with Crippen LogP contribution in [0.15, 0.2) is 0 Å². The summed E-state index contributed by atoms with van der Waals surface area (Å²) in [6.07, 6.45) is 4.62. The van der Waals surface area contributed by atoms with Crippen molar-refractivity contribution < 1.29 is 23.3 Å². The summed E-state index contributed by atoms with van der Waals surface area (Å²) in [6.45, 7) is 8.53. The van der Waals surface area contributed by atoms with Gasteiger partial charge in [-0.15, -0.1) is 0 Å². The molecule has 0 aliphatic heterocycles. The molecule has 0 aromatic carbocycles. The number of nitrogens with one attached hydrogen (secondary N) is 2. The van der Waals surface area contributed by atoms with Gasteiger partial charge in [0.25, 0.3) is 0 Å². The molecule has 0 rings (SSSR count). The van der Waals surface area contributed by atoms with E-state index in [9.17, 15) is 0 Å². The molecule has 0 fully saturated rings. The Morgan fingerprint density at radius 2 is 1.21 bits per heavy atom. The Labute approximate surface area is 126 Å². The van der Waals surface area contributed by atoms with Gasteiger partial charge in [0.15, 0.2) is 0 Å². The summed E-state index contributed by atoms with van der Waals surface area (Å²) >= 11 is 1.23. The van der Waals surface area contributed by atoms with Gasteiger partial charge in [-0.1, -0.05) is 0 Å². The molecule has 4 atom stereocenters. The van der Waals surface area contributed by atoms with Crippen LogP contribution in [0.5, 0.6) is 0 Å². The van der Waals surface area contributed by atoms with Gasteiger partial charge in [0.2, 0.25) is 0 Å². The zero-order chi connectivity index (χ0) is 14.7. The van der Waals surface area contributed by atoms with Crippen LogP contribution in [0, 0.1) is 0 Å². The van der Waals surface area contributed by atoms with Gasteiger partial charge in [-0.05, 0) is 0 Å². The molecule has 121 valence electrons. The minimum absolute atomic E-state index is 0.191. The van der Waals surface area contributed by atoms with Gasteiger partial charge in [0.1, 0.15) is 0 Å². The van der Waals surface area contributed by atoms with Crippen molar-refractivity contribution in [3.8, 4) is 0 Å². The fourth-order valence-electron chi connectivity index (χ4n) is 1.95. The van der Waals surface area contributed by atoms with E-state index in [1.807, 2.05) is 14.1 Å². The summed E-state index contributed by atoms with van der Waals surface area (Å²) in [5.41, 5.74) is 0. The van der Waals surface area contributed by atoms with Gasteiger partial charge in [-0.2, -0.15) is 0 Å². The molecule has 4 nitrogen and oxygen atoms in total. The van der Waals surface area contributed by atoms with Crippen LogP contribution in [0.1, 0.15) is 53.4 Å². The molecule has 0 aromatic rings. The molecule has 5 heteroatoms. The van der Waals surface area contributed by atoms with Crippen LogP contribution < -0.4 is 10.6 Å². The monoisotopic (exact) mass is 323 g/mol. The predicted octanol–water partition coefficient (Wildman–Crippen LogP) is 2.49. The predicted molar refractivity (Wildman–Crippen MR) is 76.6 cm³/mol. The zero-order valence-corrected chi connectivity index (χ0v) is 14.2. The van der Waals surface area contributed by atoms with Crippen molar-refractivity contribution in [1.29, 1.82) is 0 Å². The first kappa shape index (κ1) is 19.4. The molecule has 2 N–H and O–H groups in total. The number of rotatable bonds is 12. The Balaban J connectivity index is 3.71. The number of hydrogen-bond donors (Lipinski definition) is 2. The Bertz CT molecular complexity index is 180. The quantitative estimate of drug-likeness (QED) is 0.541. The standard InChI is InChI=1S/2C7H16NO.Cu/c2*1-4-7(8-3)5-6(2)9;/h2*6-8H,4-5H2,1-3H3;/q2*-1;+2. The third-order valence-corrected chi connectivity index (χ3v) is 4.27. The summed E-state index contributed by atoms with van der Waals surface area (Å²) in [5.74, 6) is 0. The van der Waals surface area contributed by atoms with E-state index in [1.54, 1.807) is 0 Å². The van der Waals surface area contributed by atoms with Crippen LogP contribution in [0.4, 0.5) is 0 Å². The second kappa shape index (κ2) is 12.1. The van der Waals surface area contributed by atoms with Crippen molar-refractivity contribution in [1.82, 2.24) is 10.6 Å². The Hall–Kier alpha value is 0.359. The van der Waals surface area contributed by atoms with E-state index in [2.05, 4.69) is 38.3 Å². The molecular formula is C14H32CuN2O2. The second-order valence-electron chi connectivity index (χ2n) is 5.07. The van der Waals surface area contributed by atoms with Gasteiger partial charge in [0, 0.05) is 0 Å². The molecule has 0 aromatic heterocycles. The molecule has 0 spiro atoms. The van der Waals surface area contributed by atoms with Crippen LogP contribution in [0.2, 0.25) is 0 Å². The molecule has 0 aliphatic rings. The van der Waals surface area contributed by atoms with E-state index in [0.29, 0.717) is 12.1 Å². The topological polar surface area (TPSA) is 42.5 Å². The Morgan fingerprint density at radius 3 is 1.47 bits per heavy atom. The van der Waals surface area contributed by atoms with E-state index < -0.39 is 0 Å². The van der Waals surface area contributed by atoms with Crippen molar-refractivity contribution in [2.75, 3.05) is 14.1 Å². The molecule has 0 saturated carbocycles. The first-order valence-electron chi connectivity index (χ1n) is 7.31. The van der Waals surface area contributed by atoms with Crippen molar-refractivity contribution in [3.05, 3.63) is 0 Å². The zero-order valence-electron chi connectivity index (χ0n) is 13.3. The van der Waals surface area contributed by atoms with E-state index in [1.165, 1.54) is 15.6 Å². The molecule has 0 radical (unpaired) electrons. The molecule has 0 bridgehead atoms. The van der Waals surface area contributed by atoms with Crippen molar-refractivity contribution in [2.24, 2.45) is 0 Å². The van der Waals surface area contributed by atoms with E-state index in [-0.39, 0.29) is 12.2 Å². The fourth-order valence-corrected chi connectivity index (χ4v) is 2.50. The van der Waals surface area contributed by atoms with Crippen LogP contribution in [-0.2, 0) is 23.3 Å². The van der Waals surface area contributed by atoms with Crippen molar-refractivity contribution in [2.45, 2.75) is 77.7 Å². The minimum atomic E-state index is 0.191. The van der Waals surface area contributed by atoms with Gasteiger partial charge in [0.05, 0.1) is 0 Å². The fraction of sp³-hybridized carbons (Fsp3) is 1.00. The Kier molecular flexibility index (Phi) is 12.4. The average molecular weight is 324 g/mol. The molecule has 0 saturated heterocycles. The summed E-state index contributed by atoms with van der Waals surface area (Å²) in [4.78, 5) is 0. The van der Waals surface area contributed by atoms with Crippen molar-refractivity contribution in [3.63, 3.8) is 0 Å². The van der Waals surface area contributed by atoms with Gasteiger partial charge in [-0.3, -0.25) is 0 Å². The molecular weight excluding hydrogens is 292 g/mol. The third-order valence-electron chi connectivity index (χ3n) is 3.34. The van der Waals surface area contributed by atoms with Crippen LogP contribution >= 0.6 is 0 Å². The molecule has 4 unspecified atom stereocenters. The van der Waals surface area contributed by atoms with Gasteiger partial charge < -0.3 is 0 Å². The maximum atomic E-state index is 5.62. The van der Waals surface area contributed by atoms with Crippen LogP contribution in [-0.4, -0.2) is 38.4 Å². The van der Waals surface area contributed by atoms with E-state index in [4.69, 9.17) is 7.64 Å². The molecule has 19 heavy (non-hydrogen) atoms. The molecule has 0 aliphatic carbocycles. The summed E-state index contributed by atoms with van der Waals surface area (Å²) in [7, 11) is 3.99. The van der Waals surface area contributed by atoms with Crippen molar-refractivity contribution >= 4 is 0 Å². The molecule has 0 amide bonds. The third kappa shape index (κ3) is 9.83.